The van der Waals surface area contributed by atoms with Crippen LogP contribution in [0.3, 0.4) is 0 Å². The highest BCUT2D eigenvalue weighted by Gasteiger charge is 2.50. The molecule has 0 aromatic heterocycles. The summed E-state index contributed by atoms with van der Waals surface area (Å²) in [7, 11) is 0. The van der Waals surface area contributed by atoms with Crippen LogP contribution in [0.25, 0.3) is 0 Å². The zero-order chi connectivity index (χ0) is 56.1. The van der Waals surface area contributed by atoms with Gasteiger partial charge in [-0.2, -0.15) is 0 Å². The highest BCUT2D eigenvalue weighted by Crippen LogP contribution is 2.26. The van der Waals surface area contributed by atoms with Crippen LogP contribution in [0.4, 0.5) is 0 Å². The van der Waals surface area contributed by atoms with Crippen LogP contribution in [0.1, 0.15) is 252 Å². The van der Waals surface area contributed by atoms with Crippen LogP contribution in [0.15, 0.2) is 85.1 Å². The van der Waals surface area contributed by atoms with Crippen LogP contribution in [-0.2, 0) is 42.9 Å². The second-order valence-corrected chi connectivity index (χ2v) is 20.6. The molecule has 1 heterocycles. The third-order valence-corrected chi connectivity index (χ3v) is 13.4. The van der Waals surface area contributed by atoms with E-state index in [1.807, 2.05) is 18.2 Å². The van der Waals surface area contributed by atoms with Gasteiger partial charge in [-0.15, -0.1) is 0 Å². The average Bonchev–Trinajstić information content (AvgIpc) is 3.42. The van der Waals surface area contributed by atoms with Gasteiger partial charge in [-0.3, -0.25) is 14.4 Å². The summed E-state index contributed by atoms with van der Waals surface area (Å²) >= 11 is 0. The first kappa shape index (κ1) is 70.9. The van der Waals surface area contributed by atoms with Crippen molar-refractivity contribution in [3.8, 4) is 0 Å². The van der Waals surface area contributed by atoms with Gasteiger partial charge in [-0.1, -0.05) is 215 Å². The Morgan fingerprint density at radius 3 is 1.34 bits per heavy atom. The summed E-state index contributed by atoms with van der Waals surface area (Å²) in [5.74, 6) is -3.25. The molecule has 12 heteroatoms. The van der Waals surface area contributed by atoms with Gasteiger partial charge in [0.2, 0.25) is 0 Å². The van der Waals surface area contributed by atoms with Crippen molar-refractivity contribution in [2.24, 2.45) is 0 Å². The number of rotatable bonds is 51. The van der Waals surface area contributed by atoms with Gasteiger partial charge in [0.25, 0.3) is 0 Å². The van der Waals surface area contributed by atoms with Crippen molar-refractivity contribution in [1.82, 2.24) is 0 Å². The lowest BCUT2D eigenvalue weighted by Crippen LogP contribution is -2.61. The Morgan fingerprint density at radius 2 is 0.844 bits per heavy atom. The average molecular weight is 1080 g/mol. The van der Waals surface area contributed by atoms with E-state index in [1.54, 1.807) is 0 Å². The molecular weight excluding hydrogens is 973 g/mol. The third-order valence-electron chi connectivity index (χ3n) is 13.4. The molecule has 0 bridgehead atoms. The summed E-state index contributed by atoms with van der Waals surface area (Å²) in [4.78, 5) is 51.1. The lowest BCUT2D eigenvalue weighted by Gasteiger charge is -2.40. The number of esters is 3. The zero-order valence-corrected chi connectivity index (χ0v) is 48.4. The molecule has 1 aliphatic heterocycles. The molecule has 440 valence electrons. The van der Waals surface area contributed by atoms with E-state index in [2.05, 4.69) is 87.6 Å². The van der Waals surface area contributed by atoms with E-state index in [1.165, 1.54) is 103 Å². The van der Waals surface area contributed by atoms with Gasteiger partial charge in [0.1, 0.15) is 18.8 Å². The van der Waals surface area contributed by atoms with Crippen molar-refractivity contribution in [2.45, 2.75) is 289 Å². The van der Waals surface area contributed by atoms with Crippen LogP contribution in [0.5, 0.6) is 0 Å². The molecule has 0 saturated carbocycles. The second-order valence-electron chi connectivity index (χ2n) is 20.6. The number of hydrogen-bond acceptors (Lipinski definition) is 11. The van der Waals surface area contributed by atoms with Gasteiger partial charge in [0, 0.05) is 19.3 Å². The Balaban J connectivity index is 2.71. The number of carboxylic acids is 1. The van der Waals surface area contributed by atoms with Crippen LogP contribution in [-0.4, -0.2) is 89.2 Å². The maximum absolute atomic E-state index is 13.2. The molecule has 3 N–H and O–H groups in total. The predicted molar refractivity (Wildman–Crippen MR) is 312 cm³/mol. The lowest BCUT2D eigenvalue weighted by molar-refractivity contribution is -0.301. The number of aliphatic carboxylic acids is 1. The molecule has 0 spiro atoms. The topological polar surface area (TPSA) is 175 Å². The minimum atomic E-state index is -1.93. The van der Waals surface area contributed by atoms with Crippen molar-refractivity contribution in [1.29, 1.82) is 0 Å². The standard InChI is InChI=1S/C65H108O12/c1-4-7-10-13-16-19-22-25-27-28-29-30-32-34-36-39-42-45-48-51-57(66)73-54-56(75-58(67)52-49-46-43-40-38-35-31-26-23-20-17-14-11-8-5-2)55-74-65-63(61(70)60(69)62(77-65)64(71)72)76-59(68)53-50-47-44-41-37-33-24-21-18-15-12-9-6-3/h9,12,17-18,20-21,25-27,31,33,37,44,47,56,60-63,65,69-70H,4-8,10-11,13-16,19,22-24,28-30,32,34-36,38-43,45-46,48-55H2,1-3H3,(H,71,72)/b12-9-,20-17-,21-18-,27-25-,31-26-,37-33-,47-44-. The molecule has 0 aliphatic carbocycles. The monoisotopic (exact) mass is 1080 g/mol. The number of aliphatic hydroxyl groups is 2. The molecule has 1 fully saturated rings. The minimum Gasteiger partial charge on any atom is -0.479 e. The maximum Gasteiger partial charge on any atom is 0.335 e. The first-order valence-corrected chi connectivity index (χ1v) is 30.6. The van der Waals surface area contributed by atoms with E-state index in [0.717, 1.165) is 83.5 Å². The van der Waals surface area contributed by atoms with E-state index < -0.39 is 67.3 Å². The van der Waals surface area contributed by atoms with Crippen LogP contribution in [0.2, 0.25) is 0 Å². The Bertz CT molecular complexity index is 1660. The second kappa shape index (κ2) is 52.6. The number of carbonyl (C=O) groups is 4. The van der Waals surface area contributed by atoms with Crippen LogP contribution in [0, 0.1) is 0 Å². The molecule has 6 unspecified atom stereocenters. The molecule has 6 atom stereocenters. The summed E-state index contributed by atoms with van der Waals surface area (Å²) in [5, 5.41) is 31.4. The summed E-state index contributed by atoms with van der Waals surface area (Å²) in [6.45, 7) is 5.80. The lowest BCUT2D eigenvalue weighted by atomic mass is 9.98. The predicted octanol–water partition coefficient (Wildman–Crippen LogP) is 15.9. The van der Waals surface area contributed by atoms with Crippen LogP contribution < -0.4 is 0 Å². The first-order chi connectivity index (χ1) is 37.6. The van der Waals surface area contributed by atoms with E-state index in [-0.39, 0.29) is 25.9 Å². The Hall–Kier alpha value is -4.10. The van der Waals surface area contributed by atoms with E-state index in [9.17, 15) is 34.5 Å². The van der Waals surface area contributed by atoms with Gasteiger partial charge in [-0.25, -0.2) is 4.79 Å². The number of carbonyl (C=O) groups excluding carboxylic acids is 3. The highest BCUT2D eigenvalue weighted by atomic mass is 16.7. The quantitative estimate of drug-likeness (QED) is 0.0228. The van der Waals surface area contributed by atoms with Gasteiger partial charge in [-0.05, 0) is 103 Å². The van der Waals surface area contributed by atoms with Gasteiger partial charge >= 0.3 is 23.9 Å². The summed E-state index contributed by atoms with van der Waals surface area (Å²) in [6.07, 6.45) is 55.7. The fourth-order valence-electron chi connectivity index (χ4n) is 8.76. The van der Waals surface area contributed by atoms with Gasteiger partial charge < -0.3 is 39.0 Å². The van der Waals surface area contributed by atoms with E-state index >= 15 is 0 Å². The number of ether oxygens (including phenoxy) is 5. The maximum atomic E-state index is 13.2. The smallest absolute Gasteiger partial charge is 0.335 e. The van der Waals surface area contributed by atoms with E-state index in [4.69, 9.17) is 23.7 Å². The Labute approximate surface area is 467 Å². The first-order valence-electron chi connectivity index (χ1n) is 30.6. The van der Waals surface area contributed by atoms with Crippen molar-refractivity contribution in [3.05, 3.63) is 85.1 Å². The number of unbranched alkanes of at least 4 members (excludes halogenated alkanes) is 23. The largest absolute Gasteiger partial charge is 0.479 e. The fourth-order valence-corrected chi connectivity index (χ4v) is 8.76. The number of hydrogen-bond donors (Lipinski definition) is 3. The number of aliphatic hydroxyl groups excluding tert-OH is 2. The third kappa shape index (κ3) is 42.5. The molecule has 1 rings (SSSR count). The molecule has 0 amide bonds. The summed E-state index contributed by atoms with van der Waals surface area (Å²) < 4.78 is 28.3. The highest BCUT2D eigenvalue weighted by molar-refractivity contribution is 5.74. The van der Waals surface area contributed by atoms with Crippen molar-refractivity contribution in [2.75, 3.05) is 13.2 Å². The van der Waals surface area contributed by atoms with Crippen molar-refractivity contribution in [3.63, 3.8) is 0 Å². The Morgan fingerprint density at radius 1 is 0.442 bits per heavy atom. The van der Waals surface area contributed by atoms with E-state index in [0.29, 0.717) is 25.7 Å². The molecule has 0 aromatic carbocycles. The molecule has 77 heavy (non-hydrogen) atoms. The van der Waals surface area contributed by atoms with Crippen molar-refractivity contribution < 1.29 is 58.2 Å². The molecule has 1 aliphatic rings. The number of carboxylic acid groups (broad SMARTS) is 1. The zero-order valence-electron chi connectivity index (χ0n) is 48.4. The molecule has 1 saturated heterocycles. The van der Waals surface area contributed by atoms with Gasteiger partial charge in [0.15, 0.2) is 24.6 Å². The molecule has 0 aromatic rings. The Kier molecular flexibility index (Phi) is 48.4. The summed E-state index contributed by atoms with van der Waals surface area (Å²) in [6, 6.07) is 0. The molecular formula is C65H108O12. The molecule has 0 radical (unpaired) electrons. The summed E-state index contributed by atoms with van der Waals surface area (Å²) in [5.41, 5.74) is 0. The minimum absolute atomic E-state index is 0.0648. The van der Waals surface area contributed by atoms with Crippen molar-refractivity contribution >= 4 is 23.9 Å². The van der Waals surface area contributed by atoms with Gasteiger partial charge in [0.05, 0.1) is 6.61 Å². The van der Waals surface area contributed by atoms with Crippen LogP contribution >= 0.6 is 0 Å². The number of allylic oxidation sites excluding steroid dienone is 14. The SMILES string of the molecule is CC/C=C\C/C=C\C/C=C\C/C=C\CCC(=O)OC1C(OCC(COC(=O)CCCCCCCCCCC/C=C\CCCCCCCC)OC(=O)CCCCCCC/C=C\C/C=C\CCCCC)OC(C(=O)O)C(O)C1O. The molecule has 12 nitrogen and oxygen atoms in total. The normalized spacial score (nSPS) is 18.6. The fraction of sp³-hybridized carbons (Fsp3) is 0.723.